The summed E-state index contributed by atoms with van der Waals surface area (Å²) in [5.41, 5.74) is 34.2. The summed E-state index contributed by atoms with van der Waals surface area (Å²) in [6, 6.07) is 148. The predicted octanol–water partition coefficient (Wildman–Crippen LogP) is 30.1. The number of nitrogens with zero attached hydrogens (tertiary/aromatic N) is 5. The molecule has 6 nitrogen and oxygen atoms in total. The second-order valence-electron chi connectivity index (χ2n) is 30.9. The molecule has 0 unspecified atom stereocenters. The maximum Gasteiger partial charge on any atom is 0.0991 e. The number of anilines is 1. The zero-order valence-corrected chi connectivity index (χ0v) is 65.5. The summed E-state index contributed by atoms with van der Waals surface area (Å²) in [5, 5.41) is 39.5. The number of pyridine rings is 3. The standard InChI is InChI=1S/C40H24N2.C39H26N2.C35H22N2/c41-25-26-9-11-27(12-10-26)28-13-15-29(16-14-28)30-17-19-33(20-18-30)38-36-23-21-31-5-1-3-7-34(31)39(36)42-40-35-8-4-2-6-32(35)22-24-37(38)40;40-32-9-5-8-31(24-32)27-14-12-25(13-15-27)26-16-18-30(19-17-26)37-35-22-20-28-6-1-3-10-33(28)38(35)41-39-34-11-4-2-7-29(34)21-23-36(37)39;1-22-20-23(21-36)10-17-28(22)26-11-13-27(14-12-26)33-31-18-15-24-6-2-4-8-29(24)34(31)37-35-30-9-5-3-7-25(30)16-19-32(33)35/h1-24H;1-24H,40H2;2-20H,1H3. The van der Waals surface area contributed by atoms with Crippen molar-refractivity contribution in [2.45, 2.75) is 6.92 Å². The summed E-state index contributed by atoms with van der Waals surface area (Å²) in [4.78, 5) is 15.9. The third-order valence-corrected chi connectivity index (χ3v) is 23.9. The first-order valence-electron chi connectivity index (χ1n) is 40.5. The van der Waals surface area contributed by atoms with E-state index in [-0.39, 0.29) is 0 Å². The third-order valence-electron chi connectivity index (χ3n) is 23.9. The van der Waals surface area contributed by atoms with Gasteiger partial charge < -0.3 is 5.73 Å². The van der Waals surface area contributed by atoms with E-state index in [1.807, 2.05) is 60.7 Å². The van der Waals surface area contributed by atoms with Crippen LogP contribution in [0.2, 0.25) is 0 Å². The molecular formula is C114H72N6. The van der Waals surface area contributed by atoms with E-state index in [9.17, 15) is 5.26 Å². The van der Waals surface area contributed by atoms with Crippen LogP contribution in [0.3, 0.4) is 0 Å². The molecule has 0 spiro atoms. The second kappa shape index (κ2) is 30.2. The molecule has 6 heteroatoms. The van der Waals surface area contributed by atoms with Gasteiger partial charge in [0.05, 0.1) is 56.4 Å². The van der Waals surface area contributed by atoms with Gasteiger partial charge in [0.1, 0.15) is 0 Å². The first-order chi connectivity index (χ1) is 59.2. The van der Waals surface area contributed by atoms with Gasteiger partial charge in [0.2, 0.25) is 0 Å². The molecule has 0 fully saturated rings. The number of aryl methyl sites for hydroxylation is 1. The van der Waals surface area contributed by atoms with Gasteiger partial charge in [0.15, 0.2) is 0 Å². The van der Waals surface area contributed by atoms with Crippen LogP contribution in [0.1, 0.15) is 16.7 Å². The van der Waals surface area contributed by atoms with Gasteiger partial charge in [-0.3, -0.25) is 0 Å². The van der Waals surface area contributed by atoms with Crippen LogP contribution in [0.15, 0.2) is 406 Å². The molecule has 20 aromatic carbocycles. The van der Waals surface area contributed by atoms with Crippen LogP contribution in [0.25, 0.3) is 219 Å². The Morgan fingerprint density at radius 1 is 0.200 bits per heavy atom. The zero-order chi connectivity index (χ0) is 80.3. The van der Waals surface area contributed by atoms with Crippen LogP contribution in [-0.4, -0.2) is 15.0 Å². The Morgan fingerprint density at radius 3 is 0.708 bits per heavy atom. The smallest absolute Gasteiger partial charge is 0.0991 e. The lowest BCUT2D eigenvalue weighted by Gasteiger charge is -2.15. The maximum atomic E-state index is 9.24. The summed E-state index contributed by atoms with van der Waals surface area (Å²) in [5.74, 6) is 0. The monoisotopic (exact) mass is 1520 g/mol. The predicted molar refractivity (Wildman–Crippen MR) is 505 cm³/mol. The van der Waals surface area contributed by atoms with Crippen molar-refractivity contribution in [3.05, 3.63) is 423 Å². The third kappa shape index (κ3) is 12.9. The van der Waals surface area contributed by atoms with Crippen LogP contribution in [0.5, 0.6) is 0 Å². The quantitative estimate of drug-likeness (QED) is 0.0921. The molecule has 0 atom stereocenters. The summed E-state index contributed by atoms with van der Waals surface area (Å²) in [6.07, 6.45) is 0. The maximum absolute atomic E-state index is 9.24. The molecule has 2 N–H and O–H groups in total. The van der Waals surface area contributed by atoms with Gasteiger partial charge in [-0.2, -0.15) is 10.5 Å². The lowest BCUT2D eigenvalue weighted by atomic mass is 9.91. The Balaban J connectivity index is 0.000000112. The number of hydrogen-bond acceptors (Lipinski definition) is 6. The van der Waals surface area contributed by atoms with Crippen molar-refractivity contribution in [1.29, 1.82) is 10.5 Å². The molecule has 120 heavy (non-hydrogen) atoms. The van der Waals surface area contributed by atoms with Gasteiger partial charge in [-0.15, -0.1) is 0 Å². The first kappa shape index (κ1) is 71.5. The average Bonchev–Trinajstić information content (AvgIpc) is 0.739. The fourth-order valence-corrected chi connectivity index (χ4v) is 17.9. The van der Waals surface area contributed by atoms with Gasteiger partial charge in [0, 0.05) is 87.0 Å². The molecule has 0 saturated heterocycles. The van der Waals surface area contributed by atoms with Crippen LogP contribution in [0, 0.1) is 29.6 Å². The summed E-state index contributed by atoms with van der Waals surface area (Å²) < 4.78 is 0. The molecular weight excluding hydrogens is 1450 g/mol. The molecule has 23 aromatic rings. The summed E-state index contributed by atoms with van der Waals surface area (Å²) >= 11 is 0. The van der Waals surface area contributed by atoms with E-state index < -0.39 is 0 Å². The molecule has 0 saturated carbocycles. The highest BCUT2D eigenvalue weighted by Gasteiger charge is 2.21. The molecule has 0 aliphatic carbocycles. The minimum Gasteiger partial charge on any atom is -0.399 e. The minimum absolute atomic E-state index is 0.673. The van der Waals surface area contributed by atoms with E-state index in [0.29, 0.717) is 11.1 Å². The van der Waals surface area contributed by atoms with Gasteiger partial charge in [0.25, 0.3) is 0 Å². The van der Waals surface area contributed by atoms with Gasteiger partial charge in [-0.1, -0.05) is 370 Å². The number of hydrogen-bond donors (Lipinski definition) is 1. The van der Waals surface area contributed by atoms with Gasteiger partial charge in [-0.25, -0.2) is 15.0 Å². The molecule has 3 aromatic heterocycles. The van der Waals surface area contributed by atoms with E-state index in [1.165, 1.54) is 125 Å². The average molecular weight is 1530 g/mol. The van der Waals surface area contributed by atoms with Crippen molar-refractivity contribution < 1.29 is 0 Å². The topological polar surface area (TPSA) is 112 Å². The number of benzene rings is 20. The van der Waals surface area contributed by atoms with Crippen molar-refractivity contribution in [3.8, 4) is 101 Å². The second-order valence-corrected chi connectivity index (χ2v) is 30.9. The van der Waals surface area contributed by atoms with Gasteiger partial charge >= 0.3 is 0 Å². The van der Waals surface area contributed by atoms with E-state index in [4.69, 9.17) is 25.9 Å². The molecule has 23 rings (SSSR count). The minimum atomic E-state index is 0.673. The number of nitrogens with two attached hydrogens (primary N) is 1. The lowest BCUT2D eigenvalue weighted by molar-refractivity contribution is 1.41. The molecule has 558 valence electrons. The summed E-state index contributed by atoms with van der Waals surface area (Å²) in [7, 11) is 0. The SMILES string of the molecule is Cc1cc(C#N)ccc1-c1ccc(-c2c3ccc4ccccc4c3nc3c2ccc2ccccc23)cc1.N#Cc1ccc(-c2ccc(-c3ccc(-c4c5ccc6ccccc6c5nc5c4ccc4ccccc45)cc3)cc2)cc1.Nc1cccc(-c2ccc(-c3ccc(-c4c5ccc6ccccc6c5nc5c4ccc4ccccc45)cc3)cc2)c1. The Bertz CT molecular complexity index is 7860. The normalized spacial score (nSPS) is 11.4. The number of rotatable bonds is 8. The molecule has 0 amide bonds. The fourth-order valence-electron chi connectivity index (χ4n) is 17.9. The van der Waals surface area contributed by atoms with Crippen LogP contribution in [-0.2, 0) is 0 Å². The number of fused-ring (bicyclic) bond motifs is 18. The highest BCUT2D eigenvalue weighted by molar-refractivity contribution is 6.25. The highest BCUT2D eigenvalue weighted by atomic mass is 14.7. The molecule has 0 aliphatic heterocycles. The van der Waals surface area contributed by atoms with Gasteiger partial charge in [-0.05, 0) is 154 Å². The van der Waals surface area contributed by atoms with E-state index in [0.717, 1.165) is 105 Å². The zero-order valence-electron chi connectivity index (χ0n) is 65.5. The van der Waals surface area contributed by atoms with E-state index in [1.54, 1.807) is 0 Å². The molecule has 3 heterocycles. The van der Waals surface area contributed by atoms with E-state index >= 15 is 0 Å². The van der Waals surface area contributed by atoms with Crippen LogP contribution in [0.4, 0.5) is 5.69 Å². The Kier molecular flexibility index (Phi) is 18.0. The summed E-state index contributed by atoms with van der Waals surface area (Å²) in [6.45, 7) is 2.06. The lowest BCUT2D eigenvalue weighted by Crippen LogP contribution is -1.92. The molecule has 0 radical (unpaired) electrons. The Labute approximate surface area is 693 Å². The van der Waals surface area contributed by atoms with E-state index in [2.05, 4.69) is 365 Å². The first-order valence-corrected chi connectivity index (χ1v) is 40.5. The largest absolute Gasteiger partial charge is 0.399 e. The van der Waals surface area contributed by atoms with Crippen molar-refractivity contribution in [2.24, 2.45) is 0 Å². The van der Waals surface area contributed by atoms with Crippen molar-refractivity contribution in [3.63, 3.8) is 0 Å². The van der Waals surface area contributed by atoms with Crippen molar-refractivity contribution >= 4 is 136 Å². The van der Waals surface area contributed by atoms with Crippen molar-refractivity contribution in [1.82, 2.24) is 15.0 Å². The number of nitriles is 2. The number of nitrogen functional groups attached to an aromatic ring is 1. The molecule has 0 bridgehead atoms. The van der Waals surface area contributed by atoms with Crippen LogP contribution < -0.4 is 5.73 Å². The Hall–Kier alpha value is -16.3. The fraction of sp³-hybridized carbons (Fsp3) is 0.00877. The molecule has 0 aliphatic rings. The highest BCUT2D eigenvalue weighted by Crippen LogP contribution is 2.46. The van der Waals surface area contributed by atoms with Crippen molar-refractivity contribution in [2.75, 3.05) is 5.73 Å². The Morgan fingerprint density at radius 2 is 0.442 bits per heavy atom. The number of aromatic nitrogens is 3. The van der Waals surface area contributed by atoms with Crippen LogP contribution >= 0.6 is 0 Å².